The van der Waals surface area contributed by atoms with E-state index >= 15 is 0 Å². The lowest BCUT2D eigenvalue weighted by Gasteiger charge is -2.09. The van der Waals surface area contributed by atoms with E-state index in [9.17, 15) is 4.79 Å². The second-order valence-electron chi connectivity index (χ2n) is 1.65. The third kappa shape index (κ3) is 3.78. The lowest BCUT2D eigenvalue weighted by molar-refractivity contribution is 0.0615. The highest BCUT2D eigenvalue weighted by atomic mass is 16.6. The lowest BCUT2D eigenvalue weighted by atomic mass is 10.3. The average Bonchev–Trinajstić information content (AvgIpc) is 1.82. The standard InChI is InChI=1S/C5H11NO3/c1-2-4(3-7)9-5(6)8/h4,7H,2-3H2,1H3,(H2,6,8)/t4-/m1/s1. The molecule has 0 bridgehead atoms. The van der Waals surface area contributed by atoms with Gasteiger partial charge in [0, 0.05) is 0 Å². The summed E-state index contributed by atoms with van der Waals surface area (Å²) in [5.74, 6) is 0. The molecule has 3 N–H and O–H groups in total. The molecular formula is C5H11NO3. The van der Waals surface area contributed by atoms with E-state index in [2.05, 4.69) is 10.5 Å². The van der Waals surface area contributed by atoms with Crippen molar-refractivity contribution in [1.82, 2.24) is 0 Å². The van der Waals surface area contributed by atoms with Gasteiger partial charge in [0.15, 0.2) is 0 Å². The number of aliphatic hydroxyl groups excluding tert-OH is 1. The molecule has 0 aromatic carbocycles. The fourth-order valence-corrected chi connectivity index (χ4v) is 0.414. The number of hydrogen-bond donors (Lipinski definition) is 2. The fourth-order valence-electron chi connectivity index (χ4n) is 0.414. The van der Waals surface area contributed by atoms with Crippen LogP contribution >= 0.6 is 0 Å². The van der Waals surface area contributed by atoms with E-state index in [0.29, 0.717) is 6.42 Å². The Kier molecular flexibility index (Phi) is 3.79. The summed E-state index contributed by atoms with van der Waals surface area (Å²) in [5.41, 5.74) is 4.67. The number of hydrogen-bond acceptors (Lipinski definition) is 3. The molecule has 4 heteroatoms. The number of rotatable bonds is 3. The van der Waals surface area contributed by atoms with Crippen LogP contribution in [0.5, 0.6) is 0 Å². The zero-order valence-corrected chi connectivity index (χ0v) is 5.33. The molecule has 0 fully saturated rings. The zero-order valence-electron chi connectivity index (χ0n) is 5.33. The predicted octanol–water partition coefficient (Wildman–Crippen LogP) is -0.147. The molecule has 0 radical (unpaired) electrons. The van der Waals surface area contributed by atoms with E-state index in [1.807, 2.05) is 0 Å². The number of ether oxygens (including phenoxy) is 1. The van der Waals surface area contributed by atoms with Crippen molar-refractivity contribution in [3.05, 3.63) is 0 Å². The van der Waals surface area contributed by atoms with Crippen molar-refractivity contribution in [2.75, 3.05) is 6.61 Å². The minimum absolute atomic E-state index is 0.167. The van der Waals surface area contributed by atoms with Crippen LogP contribution in [0.3, 0.4) is 0 Å². The van der Waals surface area contributed by atoms with Gasteiger partial charge in [0.1, 0.15) is 6.10 Å². The summed E-state index contributed by atoms with van der Waals surface area (Å²) in [6.07, 6.45) is -0.696. The topological polar surface area (TPSA) is 72.6 Å². The molecule has 0 aliphatic heterocycles. The van der Waals surface area contributed by atoms with Gasteiger partial charge in [-0.25, -0.2) is 4.79 Å². The normalized spacial score (nSPS) is 12.7. The molecular weight excluding hydrogens is 122 g/mol. The number of nitrogens with two attached hydrogens (primary N) is 1. The molecule has 0 saturated heterocycles. The Morgan fingerprint density at radius 2 is 2.44 bits per heavy atom. The summed E-state index contributed by atoms with van der Waals surface area (Å²) in [5, 5.41) is 8.44. The highest BCUT2D eigenvalue weighted by molar-refractivity contribution is 5.64. The summed E-state index contributed by atoms with van der Waals surface area (Å²) in [6, 6.07) is 0. The highest BCUT2D eigenvalue weighted by Crippen LogP contribution is 1.94. The molecule has 4 nitrogen and oxygen atoms in total. The Morgan fingerprint density at radius 1 is 1.89 bits per heavy atom. The summed E-state index contributed by atoms with van der Waals surface area (Å²) in [6.45, 7) is 1.63. The molecule has 1 atom stereocenters. The van der Waals surface area contributed by atoms with E-state index in [1.54, 1.807) is 6.92 Å². The van der Waals surface area contributed by atoms with E-state index in [0.717, 1.165) is 0 Å². The zero-order chi connectivity index (χ0) is 7.28. The monoisotopic (exact) mass is 133 g/mol. The van der Waals surface area contributed by atoms with E-state index in [4.69, 9.17) is 5.11 Å². The van der Waals surface area contributed by atoms with E-state index < -0.39 is 12.2 Å². The van der Waals surface area contributed by atoms with Gasteiger partial charge < -0.3 is 15.6 Å². The number of carbonyl (C=O) groups excluding carboxylic acids is 1. The van der Waals surface area contributed by atoms with Crippen molar-refractivity contribution >= 4 is 6.09 Å². The van der Waals surface area contributed by atoms with Crippen molar-refractivity contribution in [3.63, 3.8) is 0 Å². The number of amides is 1. The molecule has 0 spiro atoms. The summed E-state index contributed by atoms with van der Waals surface area (Å²) in [7, 11) is 0. The van der Waals surface area contributed by atoms with Crippen LogP contribution in [0.25, 0.3) is 0 Å². The SMILES string of the molecule is CC[C@H](CO)OC(N)=O. The minimum atomic E-state index is -0.837. The predicted molar refractivity (Wildman–Crippen MR) is 31.8 cm³/mol. The van der Waals surface area contributed by atoms with Crippen LogP contribution in [-0.2, 0) is 4.74 Å². The molecule has 54 valence electrons. The van der Waals surface area contributed by atoms with Gasteiger partial charge in [-0.15, -0.1) is 0 Å². The maximum Gasteiger partial charge on any atom is 0.404 e. The largest absolute Gasteiger partial charge is 0.444 e. The van der Waals surface area contributed by atoms with Gasteiger partial charge in [-0.2, -0.15) is 0 Å². The van der Waals surface area contributed by atoms with Gasteiger partial charge in [0.2, 0.25) is 0 Å². The van der Waals surface area contributed by atoms with Gasteiger partial charge in [0.05, 0.1) is 6.61 Å². The summed E-state index contributed by atoms with van der Waals surface area (Å²) < 4.78 is 4.44. The van der Waals surface area contributed by atoms with Gasteiger partial charge in [0.25, 0.3) is 0 Å². The molecule has 0 aliphatic rings. The number of carbonyl (C=O) groups is 1. The molecule has 0 aromatic rings. The first-order valence-electron chi connectivity index (χ1n) is 2.77. The van der Waals surface area contributed by atoms with Crippen LogP contribution in [0.15, 0.2) is 0 Å². The first kappa shape index (κ1) is 8.23. The molecule has 1 amide bonds. The van der Waals surface area contributed by atoms with Crippen molar-refractivity contribution in [2.45, 2.75) is 19.4 Å². The first-order chi connectivity index (χ1) is 4.20. The van der Waals surface area contributed by atoms with Crippen LogP contribution in [0.4, 0.5) is 4.79 Å². The molecule has 0 aliphatic carbocycles. The Hall–Kier alpha value is -0.770. The fraction of sp³-hybridized carbons (Fsp3) is 0.800. The van der Waals surface area contributed by atoms with Crippen molar-refractivity contribution in [1.29, 1.82) is 0 Å². The molecule has 9 heavy (non-hydrogen) atoms. The molecule has 0 saturated carbocycles. The van der Waals surface area contributed by atoms with Gasteiger partial charge in [-0.3, -0.25) is 0 Å². The third-order valence-corrected chi connectivity index (χ3v) is 0.942. The second-order valence-corrected chi connectivity index (χ2v) is 1.65. The second kappa shape index (κ2) is 4.14. The average molecular weight is 133 g/mol. The van der Waals surface area contributed by atoms with E-state index in [-0.39, 0.29) is 6.61 Å². The van der Waals surface area contributed by atoms with Crippen molar-refractivity contribution in [2.24, 2.45) is 5.73 Å². The van der Waals surface area contributed by atoms with Gasteiger partial charge >= 0.3 is 6.09 Å². The van der Waals surface area contributed by atoms with Crippen LogP contribution in [0.1, 0.15) is 13.3 Å². The van der Waals surface area contributed by atoms with Crippen LogP contribution in [0.2, 0.25) is 0 Å². The molecule has 0 unspecified atom stereocenters. The molecule has 0 rings (SSSR count). The Bertz CT molecular complexity index is 90.2. The van der Waals surface area contributed by atoms with Crippen LogP contribution in [0, 0.1) is 0 Å². The molecule has 0 aromatic heterocycles. The number of aliphatic hydroxyl groups is 1. The Morgan fingerprint density at radius 3 is 2.56 bits per heavy atom. The molecule has 0 heterocycles. The lowest BCUT2D eigenvalue weighted by Crippen LogP contribution is -2.24. The maximum atomic E-state index is 10.0. The Labute approximate surface area is 53.6 Å². The Balaban J connectivity index is 3.43. The summed E-state index contributed by atoms with van der Waals surface area (Å²) in [4.78, 5) is 10.0. The summed E-state index contributed by atoms with van der Waals surface area (Å²) >= 11 is 0. The van der Waals surface area contributed by atoms with Crippen LogP contribution in [-0.4, -0.2) is 23.9 Å². The van der Waals surface area contributed by atoms with Gasteiger partial charge in [-0.05, 0) is 6.42 Å². The van der Waals surface area contributed by atoms with Crippen LogP contribution < -0.4 is 5.73 Å². The third-order valence-electron chi connectivity index (χ3n) is 0.942. The smallest absolute Gasteiger partial charge is 0.404 e. The van der Waals surface area contributed by atoms with Gasteiger partial charge in [-0.1, -0.05) is 6.92 Å². The highest BCUT2D eigenvalue weighted by Gasteiger charge is 2.06. The minimum Gasteiger partial charge on any atom is -0.444 e. The number of primary amides is 1. The first-order valence-corrected chi connectivity index (χ1v) is 2.77. The van der Waals surface area contributed by atoms with E-state index in [1.165, 1.54) is 0 Å². The quantitative estimate of drug-likeness (QED) is 0.562. The van der Waals surface area contributed by atoms with Crippen molar-refractivity contribution < 1.29 is 14.6 Å². The maximum absolute atomic E-state index is 10.0. The van der Waals surface area contributed by atoms with Crippen molar-refractivity contribution in [3.8, 4) is 0 Å².